The maximum absolute atomic E-state index is 3.68. The van der Waals surface area contributed by atoms with Gasteiger partial charge in [0.05, 0.1) is 0 Å². The zero-order valence-corrected chi connectivity index (χ0v) is 10.2. The molecule has 0 fully saturated rings. The summed E-state index contributed by atoms with van der Waals surface area (Å²) < 4.78 is 0. The van der Waals surface area contributed by atoms with Crippen molar-refractivity contribution in [3.05, 3.63) is 88.9 Å². The number of aryl methyl sites for hydroxylation is 1. The summed E-state index contributed by atoms with van der Waals surface area (Å²) in [6, 6.07) is 8.64. The van der Waals surface area contributed by atoms with Gasteiger partial charge in [0.2, 0.25) is 0 Å². The van der Waals surface area contributed by atoms with E-state index in [0.29, 0.717) is 5.92 Å². The van der Waals surface area contributed by atoms with Gasteiger partial charge < -0.3 is 0 Å². The number of hydrogen-bond acceptors (Lipinski definition) is 0. The summed E-state index contributed by atoms with van der Waals surface area (Å²) in [6.07, 6.45) is 17.1. The fourth-order valence-electron chi connectivity index (χ4n) is 3.09. The van der Waals surface area contributed by atoms with Crippen LogP contribution in [-0.2, 0) is 6.42 Å². The van der Waals surface area contributed by atoms with E-state index in [1.54, 1.807) is 0 Å². The molecule has 0 heteroatoms. The second-order valence-electron chi connectivity index (χ2n) is 5.08. The second-order valence-corrected chi connectivity index (χ2v) is 5.08. The van der Waals surface area contributed by atoms with Crippen molar-refractivity contribution in [1.29, 1.82) is 0 Å². The van der Waals surface area contributed by atoms with E-state index in [2.05, 4.69) is 61.1 Å². The van der Waals surface area contributed by atoms with Gasteiger partial charge in [0, 0.05) is 6.42 Å². The van der Waals surface area contributed by atoms with Crippen LogP contribution in [0.2, 0.25) is 0 Å². The highest BCUT2D eigenvalue weighted by molar-refractivity contribution is 5.64. The third-order valence-corrected chi connectivity index (χ3v) is 4.03. The van der Waals surface area contributed by atoms with Crippen molar-refractivity contribution in [2.24, 2.45) is 5.92 Å². The molecule has 0 spiro atoms. The molecule has 86 valence electrons. The average molecular weight is 230 g/mol. The minimum absolute atomic E-state index is 0.458. The van der Waals surface area contributed by atoms with Crippen LogP contribution < -0.4 is 0 Å². The molecule has 0 aliphatic heterocycles. The molecule has 1 aromatic carbocycles. The molecule has 0 heterocycles. The van der Waals surface area contributed by atoms with Crippen LogP contribution in [0.3, 0.4) is 0 Å². The molecule has 18 heavy (non-hydrogen) atoms. The van der Waals surface area contributed by atoms with Gasteiger partial charge in [0.25, 0.3) is 0 Å². The Bertz CT molecular complexity index is 623. The third-order valence-electron chi connectivity index (χ3n) is 4.03. The summed E-state index contributed by atoms with van der Waals surface area (Å²) in [5.41, 5.74) is 6.97. The van der Waals surface area contributed by atoms with Gasteiger partial charge in [0.1, 0.15) is 0 Å². The zero-order chi connectivity index (χ0) is 11.9. The number of benzene rings is 1. The Labute approximate surface area is 108 Å². The van der Waals surface area contributed by atoms with Crippen molar-refractivity contribution < 1.29 is 0 Å². The fourth-order valence-corrected chi connectivity index (χ4v) is 3.09. The molecule has 1 atom stereocenters. The first-order chi connectivity index (χ1) is 8.92. The molecular weight excluding hydrogens is 216 g/mol. The number of rotatable bonds is 1. The molecule has 2 radical (unpaired) electrons. The monoisotopic (exact) mass is 230 g/mol. The first-order valence-electron chi connectivity index (χ1n) is 6.57. The number of fused-ring (bicyclic) bond motifs is 2. The Morgan fingerprint density at radius 2 is 2.00 bits per heavy atom. The molecule has 4 rings (SSSR count). The van der Waals surface area contributed by atoms with E-state index in [1.165, 1.54) is 40.7 Å². The zero-order valence-electron chi connectivity index (χ0n) is 10.2. The Hall–Kier alpha value is -1.82. The number of hydrogen-bond donors (Lipinski definition) is 0. The molecule has 3 aliphatic rings. The second kappa shape index (κ2) is 3.84. The molecule has 0 amide bonds. The molecule has 0 aromatic heterocycles. The van der Waals surface area contributed by atoms with E-state index in [-0.39, 0.29) is 0 Å². The highest BCUT2D eigenvalue weighted by Gasteiger charge is 2.26. The van der Waals surface area contributed by atoms with Gasteiger partial charge in [-0.15, -0.1) is 0 Å². The van der Waals surface area contributed by atoms with E-state index < -0.39 is 0 Å². The summed E-state index contributed by atoms with van der Waals surface area (Å²) in [7, 11) is 0. The average Bonchev–Trinajstić information content (AvgIpc) is 3.00. The highest BCUT2D eigenvalue weighted by atomic mass is 14.3. The predicted molar refractivity (Wildman–Crippen MR) is 74.0 cm³/mol. The van der Waals surface area contributed by atoms with Gasteiger partial charge in [-0.1, -0.05) is 54.6 Å². The lowest BCUT2D eigenvalue weighted by atomic mass is 9.79. The van der Waals surface area contributed by atoms with Crippen LogP contribution in [0.15, 0.2) is 71.4 Å². The van der Waals surface area contributed by atoms with Crippen molar-refractivity contribution in [3.63, 3.8) is 0 Å². The van der Waals surface area contributed by atoms with Crippen LogP contribution in [-0.4, -0.2) is 0 Å². The maximum atomic E-state index is 3.68. The highest BCUT2D eigenvalue weighted by Crippen LogP contribution is 2.39. The van der Waals surface area contributed by atoms with Crippen molar-refractivity contribution in [1.82, 2.24) is 0 Å². The van der Waals surface area contributed by atoms with Crippen LogP contribution in [0.5, 0.6) is 0 Å². The van der Waals surface area contributed by atoms with Crippen molar-refractivity contribution in [3.8, 4) is 0 Å². The van der Waals surface area contributed by atoms with Crippen molar-refractivity contribution >= 4 is 0 Å². The Morgan fingerprint density at radius 3 is 3.00 bits per heavy atom. The lowest BCUT2D eigenvalue weighted by Crippen LogP contribution is -2.14. The Balaban J connectivity index is 1.70. The van der Waals surface area contributed by atoms with E-state index in [0.717, 1.165) is 0 Å². The molecule has 3 aliphatic carbocycles. The SMILES string of the molecule is [C]1c2ccccc2CCC1C1=C2C=CC=C2C=C1. The van der Waals surface area contributed by atoms with Crippen LogP contribution in [0.4, 0.5) is 0 Å². The fraction of sp³-hybridized carbons (Fsp3) is 0.167. The topological polar surface area (TPSA) is 0 Å². The van der Waals surface area contributed by atoms with Gasteiger partial charge in [-0.05, 0) is 46.6 Å². The van der Waals surface area contributed by atoms with Gasteiger partial charge in [-0.25, -0.2) is 0 Å². The molecule has 0 saturated heterocycles. The van der Waals surface area contributed by atoms with Crippen molar-refractivity contribution in [2.75, 3.05) is 0 Å². The Kier molecular flexibility index (Phi) is 2.16. The first-order valence-corrected chi connectivity index (χ1v) is 6.57. The van der Waals surface area contributed by atoms with E-state index in [1.807, 2.05) is 0 Å². The van der Waals surface area contributed by atoms with E-state index in [9.17, 15) is 0 Å². The first kappa shape index (κ1) is 10.1. The summed E-state index contributed by atoms with van der Waals surface area (Å²) in [6.45, 7) is 0. The molecule has 1 aromatic rings. The van der Waals surface area contributed by atoms with Gasteiger partial charge >= 0.3 is 0 Å². The summed E-state index contributed by atoms with van der Waals surface area (Å²) in [5, 5.41) is 0. The maximum Gasteiger partial charge on any atom is 0.0248 e. The standard InChI is InChI=1S/C18H14/c1-2-5-15-12-16(9-8-13(15)4-1)18-11-10-14-6-3-7-17(14)18/h1-7,10-11,16H,8-9H2. The molecular formula is C18H14. The molecule has 0 nitrogen and oxygen atoms in total. The number of allylic oxidation sites excluding steroid dienone is 8. The summed E-state index contributed by atoms with van der Waals surface area (Å²) >= 11 is 0. The Morgan fingerprint density at radius 1 is 1.06 bits per heavy atom. The molecule has 1 unspecified atom stereocenters. The van der Waals surface area contributed by atoms with Crippen LogP contribution in [0, 0.1) is 12.3 Å². The van der Waals surface area contributed by atoms with Gasteiger partial charge in [-0.3, -0.25) is 0 Å². The predicted octanol–water partition coefficient (Wildman–Crippen LogP) is 4.04. The third kappa shape index (κ3) is 1.45. The van der Waals surface area contributed by atoms with Gasteiger partial charge in [-0.2, -0.15) is 0 Å². The van der Waals surface area contributed by atoms with E-state index >= 15 is 0 Å². The van der Waals surface area contributed by atoms with Crippen molar-refractivity contribution in [2.45, 2.75) is 12.8 Å². The van der Waals surface area contributed by atoms with Crippen LogP contribution in [0.25, 0.3) is 0 Å². The lowest BCUT2D eigenvalue weighted by Gasteiger charge is -2.24. The smallest absolute Gasteiger partial charge is 0.0248 e. The largest absolute Gasteiger partial charge is 0.0620 e. The van der Waals surface area contributed by atoms with E-state index in [4.69, 9.17) is 0 Å². The lowest BCUT2D eigenvalue weighted by molar-refractivity contribution is 0.624. The summed E-state index contributed by atoms with van der Waals surface area (Å²) in [4.78, 5) is 0. The molecule has 0 bridgehead atoms. The van der Waals surface area contributed by atoms with Gasteiger partial charge in [0.15, 0.2) is 0 Å². The normalized spacial score (nSPS) is 24.2. The molecule has 0 N–H and O–H groups in total. The molecule has 0 saturated carbocycles. The summed E-state index contributed by atoms with van der Waals surface area (Å²) in [5.74, 6) is 0.458. The van der Waals surface area contributed by atoms with Crippen LogP contribution in [0.1, 0.15) is 17.5 Å². The minimum Gasteiger partial charge on any atom is -0.0620 e. The van der Waals surface area contributed by atoms with Crippen LogP contribution >= 0.6 is 0 Å². The minimum atomic E-state index is 0.458. The quantitative estimate of drug-likeness (QED) is 0.683.